The molecule has 1 atom stereocenters. The molecule has 0 aliphatic carbocycles. The number of rotatable bonds is 7. The number of guanidine groups is 1. The average molecular weight is 533 g/mol. The Labute approximate surface area is 197 Å². The Kier molecular flexibility index (Phi) is 10.1. The molecular formula is C21H37IN6S. The molecule has 2 heterocycles. The SMILES string of the molecule is CCNC(=NCCc1nc(C(C)(C)C)cs1)NC(C)Cc1c(C)nn(C)c1C.I. The molecule has 164 valence electrons. The number of aromatic nitrogens is 3. The van der Waals surface area contributed by atoms with E-state index in [0.29, 0.717) is 0 Å². The molecule has 0 aliphatic heterocycles. The molecule has 2 N–H and O–H groups in total. The molecule has 2 aromatic heterocycles. The van der Waals surface area contributed by atoms with Crippen LogP contribution in [-0.2, 0) is 25.3 Å². The molecule has 8 heteroatoms. The molecule has 0 aliphatic rings. The zero-order chi connectivity index (χ0) is 20.9. The fourth-order valence-electron chi connectivity index (χ4n) is 3.06. The van der Waals surface area contributed by atoms with Crippen LogP contribution < -0.4 is 10.6 Å². The van der Waals surface area contributed by atoms with E-state index in [-0.39, 0.29) is 35.4 Å². The van der Waals surface area contributed by atoms with Crippen molar-refractivity contribution in [1.29, 1.82) is 0 Å². The Hall–Kier alpha value is -1.16. The Morgan fingerprint density at radius 1 is 1.31 bits per heavy atom. The maximum absolute atomic E-state index is 4.76. The summed E-state index contributed by atoms with van der Waals surface area (Å²) in [7, 11) is 2.00. The van der Waals surface area contributed by atoms with E-state index >= 15 is 0 Å². The molecule has 2 rings (SSSR count). The molecular weight excluding hydrogens is 495 g/mol. The lowest BCUT2D eigenvalue weighted by Crippen LogP contribution is -2.43. The van der Waals surface area contributed by atoms with Gasteiger partial charge in [-0.15, -0.1) is 35.3 Å². The van der Waals surface area contributed by atoms with Gasteiger partial charge in [0.25, 0.3) is 0 Å². The summed E-state index contributed by atoms with van der Waals surface area (Å²) in [6.45, 7) is 16.6. The summed E-state index contributed by atoms with van der Waals surface area (Å²) in [5, 5.41) is 14.7. The standard InChI is InChI=1S/C21H36N6S.HI/c1-9-22-20(23-11-10-19-25-18(13-28-19)21(5,6)7)24-14(2)12-17-15(3)26-27(8)16(17)4;/h13-14H,9-12H2,1-8H3,(H2,22,23,24);1H. The largest absolute Gasteiger partial charge is 0.357 e. The second-order valence-corrected chi connectivity index (χ2v) is 9.35. The zero-order valence-corrected chi connectivity index (χ0v) is 22.2. The fraction of sp³-hybridized carbons (Fsp3) is 0.667. The first-order valence-corrected chi connectivity index (χ1v) is 11.0. The molecule has 2 aromatic rings. The second kappa shape index (κ2) is 11.3. The van der Waals surface area contributed by atoms with Gasteiger partial charge in [0.1, 0.15) is 0 Å². The molecule has 0 amide bonds. The summed E-state index contributed by atoms with van der Waals surface area (Å²) in [5.74, 6) is 0.863. The predicted octanol–water partition coefficient (Wildman–Crippen LogP) is 4.14. The summed E-state index contributed by atoms with van der Waals surface area (Å²) in [5.41, 5.74) is 4.92. The number of nitrogens with one attached hydrogen (secondary N) is 2. The summed E-state index contributed by atoms with van der Waals surface area (Å²) < 4.78 is 1.95. The molecule has 0 saturated heterocycles. The van der Waals surface area contributed by atoms with E-state index in [1.807, 2.05) is 11.7 Å². The van der Waals surface area contributed by atoms with Crippen molar-refractivity contribution in [2.24, 2.45) is 12.0 Å². The minimum Gasteiger partial charge on any atom is -0.357 e. The molecule has 0 bridgehead atoms. The number of thiazole rings is 1. The van der Waals surface area contributed by atoms with Crippen LogP contribution in [-0.4, -0.2) is 39.9 Å². The van der Waals surface area contributed by atoms with Crippen molar-refractivity contribution in [2.45, 2.75) is 72.8 Å². The molecule has 1 unspecified atom stereocenters. The molecule has 0 aromatic carbocycles. The maximum atomic E-state index is 4.76. The Bertz CT molecular complexity index is 803. The van der Waals surface area contributed by atoms with Crippen molar-refractivity contribution in [3.63, 3.8) is 0 Å². The van der Waals surface area contributed by atoms with Crippen LogP contribution in [0.3, 0.4) is 0 Å². The van der Waals surface area contributed by atoms with E-state index in [4.69, 9.17) is 9.98 Å². The van der Waals surface area contributed by atoms with Crippen LogP contribution in [0.25, 0.3) is 0 Å². The first-order chi connectivity index (χ1) is 13.1. The van der Waals surface area contributed by atoms with Crippen molar-refractivity contribution in [1.82, 2.24) is 25.4 Å². The van der Waals surface area contributed by atoms with Gasteiger partial charge in [-0.1, -0.05) is 20.8 Å². The average Bonchev–Trinajstić information content (AvgIpc) is 3.16. The monoisotopic (exact) mass is 532 g/mol. The third kappa shape index (κ3) is 7.55. The molecule has 0 saturated carbocycles. The Balaban J connectivity index is 0.00000420. The topological polar surface area (TPSA) is 67.1 Å². The van der Waals surface area contributed by atoms with Gasteiger partial charge in [0.05, 0.1) is 16.4 Å². The lowest BCUT2D eigenvalue weighted by Gasteiger charge is -2.18. The molecule has 0 spiro atoms. The lowest BCUT2D eigenvalue weighted by molar-refractivity contribution is 0.570. The highest BCUT2D eigenvalue weighted by Crippen LogP contribution is 2.24. The third-order valence-corrected chi connectivity index (χ3v) is 5.72. The van der Waals surface area contributed by atoms with E-state index < -0.39 is 0 Å². The van der Waals surface area contributed by atoms with Gasteiger partial charge < -0.3 is 10.6 Å². The highest BCUT2D eigenvalue weighted by molar-refractivity contribution is 14.0. The van der Waals surface area contributed by atoms with Crippen molar-refractivity contribution in [3.05, 3.63) is 33.0 Å². The van der Waals surface area contributed by atoms with Crippen molar-refractivity contribution in [2.75, 3.05) is 13.1 Å². The number of aryl methyl sites for hydroxylation is 2. The smallest absolute Gasteiger partial charge is 0.191 e. The van der Waals surface area contributed by atoms with Crippen LogP contribution in [0.5, 0.6) is 0 Å². The summed E-state index contributed by atoms with van der Waals surface area (Å²) in [6, 6.07) is 0.270. The van der Waals surface area contributed by atoms with Gasteiger partial charge in [-0.05, 0) is 39.7 Å². The summed E-state index contributed by atoms with van der Waals surface area (Å²) in [4.78, 5) is 9.51. The third-order valence-electron chi connectivity index (χ3n) is 4.81. The van der Waals surface area contributed by atoms with E-state index in [0.717, 1.165) is 48.3 Å². The van der Waals surface area contributed by atoms with Crippen molar-refractivity contribution < 1.29 is 0 Å². The van der Waals surface area contributed by atoms with Crippen LogP contribution in [0.2, 0.25) is 0 Å². The number of halogens is 1. The van der Waals surface area contributed by atoms with E-state index in [1.165, 1.54) is 11.3 Å². The minimum absolute atomic E-state index is 0. The van der Waals surface area contributed by atoms with E-state index in [9.17, 15) is 0 Å². The maximum Gasteiger partial charge on any atom is 0.191 e. The Morgan fingerprint density at radius 2 is 2.00 bits per heavy atom. The predicted molar refractivity (Wildman–Crippen MR) is 135 cm³/mol. The fourth-order valence-corrected chi connectivity index (χ4v) is 4.07. The van der Waals surface area contributed by atoms with Gasteiger partial charge in [-0.25, -0.2) is 4.98 Å². The van der Waals surface area contributed by atoms with Crippen LogP contribution in [0, 0.1) is 13.8 Å². The first-order valence-electron chi connectivity index (χ1n) is 10.1. The van der Waals surface area contributed by atoms with E-state index in [2.05, 4.69) is 69.6 Å². The first kappa shape index (κ1) is 25.9. The van der Waals surface area contributed by atoms with Gasteiger partial charge in [-0.2, -0.15) is 5.10 Å². The van der Waals surface area contributed by atoms with Gasteiger partial charge in [0.2, 0.25) is 0 Å². The molecule has 0 radical (unpaired) electrons. The number of aliphatic imine (C=N–C) groups is 1. The normalized spacial score (nSPS) is 13.2. The van der Waals surface area contributed by atoms with Gasteiger partial charge in [-0.3, -0.25) is 9.67 Å². The van der Waals surface area contributed by atoms with Gasteiger partial charge >= 0.3 is 0 Å². The van der Waals surface area contributed by atoms with Crippen LogP contribution in [0.4, 0.5) is 0 Å². The number of hydrogen-bond donors (Lipinski definition) is 2. The number of hydrogen-bond acceptors (Lipinski definition) is 4. The molecule has 29 heavy (non-hydrogen) atoms. The van der Waals surface area contributed by atoms with Crippen LogP contribution in [0.15, 0.2) is 10.4 Å². The van der Waals surface area contributed by atoms with Gasteiger partial charge in [0, 0.05) is 49.1 Å². The van der Waals surface area contributed by atoms with Crippen LogP contribution in [0.1, 0.15) is 62.3 Å². The second-order valence-electron chi connectivity index (χ2n) is 8.41. The Morgan fingerprint density at radius 3 is 2.52 bits per heavy atom. The van der Waals surface area contributed by atoms with Crippen LogP contribution >= 0.6 is 35.3 Å². The van der Waals surface area contributed by atoms with E-state index in [1.54, 1.807) is 11.3 Å². The lowest BCUT2D eigenvalue weighted by atomic mass is 9.93. The van der Waals surface area contributed by atoms with Gasteiger partial charge in [0.15, 0.2) is 5.96 Å². The number of nitrogens with zero attached hydrogens (tertiary/aromatic N) is 4. The summed E-state index contributed by atoms with van der Waals surface area (Å²) >= 11 is 1.73. The zero-order valence-electron chi connectivity index (χ0n) is 19.1. The van der Waals surface area contributed by atoms with Crippen molar-refractivity contribution >= 4 is 41.3 Å². The highest BCUT2D eigenvalue weighted by Gasteiger charge is 2.17. The quantitative estimate of drug-likeness (QED) is 0.320. The molecule has 6 nitrogen and oxygen atoms in total. The highest BCUT2D eigenvalue weighted by atomic mass is 127. The summed E-state index contributed by atoms with van der Waals surface area (Å²) in [6.07, 6.45) is 1.80. The van der Waals surface area contributed by atoms with Crippen molar-refractivity contribution in [3.8, 4) is 0 Å². The minimum atomic E-state index is 0. The molecule has 0 fully saturated rings.